The fraction of sp³-hybridized carbons (Fsp3) is 0.125. The number of para-hydroxylation sites is 2. The van der Waals surface area contributed by atoms with Gasteiger partial charge in [-0.2, -0.15) is 0 Å². The van der Waals surface area contributed by atoms with E-state index in [2.05, 4.69) is 41.0 Å². The molecule has 0 saturated heterocycles. The average Bonchev–Trinajstić information content (AvgIpc) is 2.45. The molecular formula is C16H18N2. The van der Waals surface area contributed by atoms with Gasteiger partial charge in [-0.25, -0.2) is 0 Å². The molecule has 0 saturated carbocycles. The van der Waals surface area contributed by atoms with Crippen molar-refractivity contribution in [1.29, 1.82) is 0 Å². The fourth-order valence-electron chi connectivity index (χ4n) is 1.68. The second kappa shape index (κ2) is 6.50. The highest BCUT2D eigenvalue weighted by Gasteiger charge is 1.97. The van der Waals surface area contributed by atoms with Gasteiger partial charge in [0.05, 0.1) is 6.54 Å². The fourth-order valence-corrected chi connectivity index (χ4v) is 1.68. The van der Waals surface area contributed by atoms with E-state index in [0.29, 0.717) is 0 Å². The molecule has 0 aliphatic rings. The third-order valence-electron chi connectivity index (χ3n) is 2.68. The van der Waals surface area contributed by atoms with Gasteiger partial charge in [0, 0.05) is 17.1 Å². The van der Waals surface area contributed by atoms with E-state index in [4.69, 9.17) is 0 Å². The lowest BCUT2D eigenvalue weighted by Crippen LogP contribution is -2.11. The maximum Gasteiger partial charge on any atom is 0.0547 e. The minimum absolute atomic E-state index is 0.787. The number of anilines is 2. The average molecular weight is 238 g/mol. The van der Waals surface area contributed by atoms with E-state index in [1.165, 1.54) is 0 Å². The summed E-state index contributed by atoms with van der Waals surface area (Å²) in [4.78, 5) is 0. The van der Waals surface area contributed by atoms with Crippen molar-refractivity contribution >= 4 is 11.4 Å². The Labute approximate surface area is 108 Å². The standard InChI is InChI=1S/C16H18N2/c1-2-14(18-16-11-7-4-8-12-16)13-17-15-9-5-3-6-10-15/h2-12,17-18H,13H2,1H3/b14-2-. The van der Waals surface area contributed by atoms with Crippen molar-refractivity contribution in [2.45, 2.75) is 6.92 Å². The smallest absolute Gasteiger partial charge is 0.0547 e. The van der Waals surface area contributed by atoms with Gasteiger partial charge in [0.15, 0.2) is 0 Å². The first-order chi connectivity index (χ1) is 8.88. The molecule has 0 radical (unpaired) electrons. The molecule has 0 bridgehead atoms. The van der Waals surface area contributed by atoms with E-state index >= 15 is 0 Å². The van der Waals surface area contributed by atoms with E-state index in [1.54, 1.807) is 0 Å². The summed E-state index contributed by atoms with van der Waals surface area (Å²) < 4.78 is 0. The Hall–Kier alpha value is -2.22. The Kier molecular flexibility index (Phi) is 4.42. The Bertz CT molecular complexity index is 489. The molecule has 0 aliphatic carbocycles. The minimum atomic E-state index is 0.787. The predicted molar refractivity (Wildman–Crippen MR) is 78.8 cm³/mol. The topological polar surface area (TPSA) is 24.1 Å². The lowest BCUT2D eigenvalue weighted by Gasteiger charge is -2.12. The van der Waals surface area contributed by atoms with Gasteiger partial charge in [-0.05, 0) is 31.2 Å². The first-order valence-electron chi connectivity index (χ1n) is 6.14. The maximum atomic E-state index is 3.40. The number of rotatable bonds is 5. The molecule has 0 amide bonds. The van der Waals surface area contributed by atoms with Crippen LogP contribution >= 0.6 is 0 Å². The van der Waals surface area contributed by atoms with Crippen LogP contribution in [0.4, 0.5) is 11.4 Å². The molecule has 0 aliphatic heterocycles. The molecule has 2 heteroatoms. The molecule has 0 unspecified atom stereocenters. The molecule has 2 rings (SSSR count). The van der Waals surface area contributed by atoms with Gasteiger partial charge in [0.2, 0.25) is 0 Å². The lowest BCUT2D eigenvalue weighted by molar-refractivity contribution is 1.20. The Balaban J connectivity index is 1.91. The second-order valence-corrected chi connectivity index (χ2v) is 4.02. The van der Waals surface area contributed by atoms with E-state index in [0.717, 1.165) is 23.6 Å². The van der Waals surface area contributed by atoms with Gasteiger partial charge in [-0.3, -0.25) is 0 Å². The van der Waals surface area contributed by atoms with Crippen LogP contribution in [0, 0.1) is 0 Å². The largest absolute Gasteiger partial charge is 0.379 e. The summed E-state index contributed by atoms with van der Waals surface area (Å²) in [5.41, 5.74) is 3.40. The van der Waals surface area contributed by atoms with Gasteiger partial charge in [0.25, 0.3) is 0 Å². The zero-order valence-corrected chi connectivity index (χ0v) is 10.6. The third kappa shape index (κ3) is 3.67. The van der Waals surface area contributed by atoms with Crippen molar-refractivity contribution in [3.8, 4) is 0 Å². The van der Waals surface area contributed by atoms with Gasteiger partial charge >= 0.3 is 0 Å². The summed E-state index contributed by atoms with van der Waals surface area (Å²) in [5.74, 6) is 0. The van der Waals surface area contributed by atoms with Crippen molar-refractivity contribution in [1.82, 2.24) is 0 Å². The summed E-state index contributed by atoms with van der Waals surface area (Å²) in [7, 11) is 0. The monoisotopic (exact) mass is 238 g/mol. The van der Waals surface area contributed by atoms with Crippen molar-refractivity contribution < 1.29 is 0 Å². The lowest BCUT2D eigenvalue weighted by atomic mass is 10.3. The molecule has 0 spiro atoms. The third-order valence-corrected chi connectivity index (χ3v) is 2.68. The van der Waals surface area contributed by atoms with Crippen LogP contribution in [0.5, 0.6) is 0 Å². The molecule has 92 valence electrons. The molecule has 0 heterocycles. The van der Waals surface area contributed by atoms with Crippen LogP contribution in [0.1, 0.15) is 6.92 Å². The van der Waals surface area contributed by atoms with Gasteiger partial charge < -0.3 is 10.6 Å². The number of allylic oxidation sites excluding steroid dienone is 1. The van der Waals surface area contributed by atoms with Crippen LogP contribution < -0.4 is 10.6 Å². The highest BCUT2D eigenvalue weighted by atomic mass is 15.0. The number of benzene rings is 2. The minimum Gasteiger partial charge on any atom is -0.379 e. The van der Waals surface area contributed by atoms with Crippen LogP contribution in [0.25, 0.3) is 0 Å². The Morgan fingerprint density at radius 3 is 2.00 bits per heavy atom. The number of hydrogen-bond donors (Lipinski definition) is 2. The molecule has 2 aromatic rings. The summed E-state index contributed by atoms with van der Waals surface area (Å²) in [5, 5.41) is 6.78. The Morgan fingerprint density at radius 1 is 0.889 bits per heavy atom. The van der Waals surface area contributed by atoms with Crippen LogP contribution in [0.15, 0.2) is 72.4 Å². The highest BCUT2D eigenvalue weighted by Crippen LogP contribution is 2.10. The molecule has 18 heavy (non-hydrogen) atoms. The summed E-state index contributed by atoms with van der Waals surface area (Å²) in [6.07, 6.45) is 2.09. The van der Waals surface area contributed by atoms with Gasteiger partial charge in [0.1, 0.15) is 0 Å². The van der Waals surface area contributed by atoms with Crippen molar-refractivity contribution in [2.24, 2.45) is 0 Å². The zero-order chi connectivity index (χ0) is 12.6. The van der Waals surface area contributed by atoms with Crippen molar-refractivity contribution in [3.05, 3.63) is 72.4 Å². The molecule has 0 atom stereocenters. The van der Waals surface area contributed by atoms with Crippen LogP contribution in [0.2, 0.25) is 0 Å². The van der Waals surface area contributed by atoms with Crippen LogP contribution in [0.3, 0.4) is 0 Å². The van der Waals surface area contributed by atoms with E-state index in [-0.39, 0.29) is 0 Å². The molecule has 2 aromatic carbocycles. The van der Waals surface area contributed by atoms with E-state index in [1.807, 2.05) is 43.3 Å². The maximum absolute atomic E-state index is 3.40. The molecule has 2 nitrogen and oxygen atoms in total. The first kappa shape index (κ1) is 12.2. The summed E-state index contributed by atoms with van der Waals surface area (Å²) in [6, 6.07) is 20.4. The van der Waals surface area contributed by atoms with Gasteiger partial charge in [-0.1, -0.05) is 42.5 Å². The first-order valence-corrected chi connectivity index (χ1v) is 6.14. The predicted octanol–water partition coefficient (Wildman–Crippen LogP) is 4.11. The zero-order valence-electron chi connectivity index (χ0n) is 10.6. The van der Waals surface area contributed by atoms with Gasteiger partial charge in [-0.15, -0.1) is 0 Å². The quantitative estimate of drug-likeness (QED) is 0.819. The van der Waals surface area contributed by atoms with Crippen LogP contribution in [-0.2, 0) is 0 Å². The van der Waals surface area contributed by atoms with E-state index < -0.39 is 0 Å². The molecule has 0 aromatic heterocycles. The molecule has 0 fully saturated rings. The normalized spacial score (nSPS) is 11.1. The van der Waals surface area contributed by atoms with E-state index in [9.17, 15) is 0 Å². The Morgan fingerprint density at radius 2 is 1.44 bits per heavy atom. The molecule has 2 N–H and O–H groups in total. The summed E-state index contributed by atoms with van der Waals surface area (Å²) in [6.45, 7) is 2.83. The molecular weight excluding hydrogens is 220 g/mol. The SMILES string of the molecule is C/C=C(/CNc1ccccc1)Nc1ccccc1. The number of nitrogens with one attached hydrogen (secondary N) is 2. The van der Waals surface area contributed by atoms with Crippen molar-refractivity contribution in [3.63, 3.8) is 0 Å². The summed E-state index contributed by atoms with van der Waals surface area (Å²) >= 11 is 0. The van der Waals surface area contributed by atoms with Crippen LogP contribution in [-0.4, -0.2) is 6.54 Å². The highest BCUT2D eigenvalue weighted by molar-refractivity contribution is 5.50. The second-order valence-electron chi connectivity index (χ2n) is 4.02. The number of hydrogen-bond acceptors (Lipinski definition) is 2. The van der Waals surface area contributed by atoms with Crippen molar-refractivity contribution in [2.75, 3.05) is 17.2 Å².